The lowest BCUT2D eigenvalue weighted by molar-refractivity contribution is 0.314. The number of aromatic hydroxyl groups is 1. The highest BCUT2D eigenvalue weighted by atomic mass is 35.5. The highest BCUT2D eigenvalue weighted by Crippen LogP contribution is 2.32. The summed E-state index contributed by atoms with van der Waals surface area (Å²) in [7, 11) is 0. The number of phenolic OH excluding ortho intramolecular Hbond substituents is 1. The van der Waals surface area contributed by atoms with E-state index in [0.717, 1.165) is 0 Å². The molecule has 3 nitrogen and oxygen atoms in total. The van der Waals surface area contributed by atoms with E-state index in [-0.39, 0.29) is 18.2 Å². The second-order valence-electron chi connectivity index (χ2n) is 2.89. The normalized spacial score (nSPS) is 11.7. The van der Waals surface area contributed by atoms with Crippen LogP contribution in [-0.2, 0) is 0 Å². The lowest BCUT2D eigenvalue weighted by atomic mass is 10.1. The minimum Gasteiger partial charge on any atom is -0.504 e. The molecule has 0 aliphatic heterocycles. The molecule has 1 aromatic carbocycles. The van der Waals surface area contributed by atoms with Gasteiger partial charge in [0, 0.05) is 5.56 Å². The monoisotopic (exact) mass is 235 g/mol. The molecule has 3 N–H and O–H groups in total. The zero-order chi connectivity index (χ0) is 10.6. The van der Waals surface area contributed by atoms with E-state index in [1.54, 1.807) is 25.1 Å². The van der Waals surface area contributed by atoms with Crippen molar-refractivity contribution < 1.29 is 14.2 Å². The number of hydrogen-bond donors (Lipinski definition) is 2. The van der Waals surface area contributed by atoms with Crippen LogP contribution < -0.4 is 10.5 Å². The van der Waals surface area contributed by atoms with Crippen LogP contribution in [0.1, 0.15) is 18.5 Å². The molecule has 0 aromatic heterocycles. The molecule has 86 valence electrons. The summed E-state index contributed by atoms with van der Waals surface area (Å²) in [6.07, 6.45) is 0. The zero-order valence-electron chi connectivity index (χ0n) is 8.44. The molecule has 0 saturated carbocycles. The van der Waals surface area contributed by atoms with Crippen LogP contribution in [0.3, 0.4) is 0 Å². The Balaban J connectivity index is 0.00000196. The molecule has 0 aliphatic rings. The van der Waals surface area contributed by atoms with Crippen LogP contribution >= 0.6 is 12.4 Å². The van der Waals surface area contributed by atoms with E-state index < -0.39 is 12.7 Å². The standard InChI is InChI=1S/C10H14FNO2.ClH/c1-2-14-9-5-3-4-7(10(9)13)8(12)6-11;/h3-5,8,13H,2,6,12H2,1H3;1H/t8-;/m1./s1. The predicted molar refractivity (Wildman–Crippen MR) is 59.4 cm³/mol. The molecule has 0 aliphatic carbocycles. The highest BCUT2D eigenvalue weighted by molar-refractivity contribution is 5.85. The van der Waals surface area contributed by atoms with Crippen LogP contribution in [0.2, 0.25) is 0 Å². The third-order valence-electron chi connectivity index (χ3n) is 1.90. The molecule has 0 fully saturated rings. The van der Waals surface area contributed by atoms with Crippen molar-refractivity contribution in [1.29, 1.82) is 0 Å². The van der Waals surface area contributed by atoms with Gasteiger partial charge in [-0.2, -0.15) is 0 Å². The van der Waals surface area contributed by atoms with E-state index >= 15 is 0 Å². The van der Waals surface area contributed by atoms with Crippen LogP contribution in [0.15, 0.2) is 18.2 Å². The summed E-state index contributed by atoms with van der Waals surface area (Å²) in [5.41, 5.74) is 5.84. The molecule has 1 atom stereocenters. The van der Waals surface area contributed by atoms with Gasteiger partial charge in [-0.25, -0.2) is 4.39 Å². The van der Waals surface area contributed by atoms with Gasteiger partial charge in [-0.1, -0.05) is 12.1 Å². The van der Waals surface area contributed by atoms with Gasteiger partial charge in [0.05, 0.1) is 12.6 Å². The SMILES string of the molecule is CCOc1cccc([C@H](N)CF)c1O.Cl. The smallest absolute Gasteiger partial charge is 0.162 e. The molecule has 5 heteroatoms. The summed E-state index contributed by atoms with van der Waals surface area (Å²) in [5, 5.41) is 9.65. The zero-order valence-corrected chi connectivity index (χ0v) is 9.26. The van der Waals surface area contributed by atoms with Gasteiger partial charge in [0.1, 0.15) is 6.67 Å². The fourth-order valence-corrected chi connectivity index (χ4v) is 1.19. The van der Waals surface area contributed by atoms with Crippen LogP contribution in [0.4, 0.5) is 4.39 Å². The summed E-state index contributed by atoms with van der Waals surface area (Å²) in [6, 6.07) is 4.08. The Morgan fingerprint density at radius 2 is 2.20 bits per heavy atom. The van der Waals surface area contributed by atoms with Gasteiger partial charge in [-0.05, 0) is 13.0 Å². The second kappa shape index (κ2) is 6.48. The molecule has 0 amide bonds. The maximum Gasteiger partial charge on any atom is 0.162 e. The second-order valence-corrected chi connectivity index (χ2v) is 2.89. The first kappa shape index (κ1) is 14.0. The van der Waals surface area contributed by atoms with Crippen LogP contribution in [-0.4, -0.2) is 18.4 Å². The summed E-state index contributed by atoms with van der Waals surface area (Å²) in [4.78, 5) is 0. The predicted octanol–water partition coefficient (Wildman–Crippen LogP) is 2.18. The molecule has 1 aromatic rings. The van der Waals surface area contributed by atoms with Crippen LogP contribution in [0, 0.1) is 0 Å². The minimum absolute atomic E-state index is 0. The quantitative estimate of drug-likeness (QED) is 0.841. The number of phenols is 1. The highest BCUT2D eigenvalue weighted by Gasteiger charge is 2.13. The summed E-state index contributed by atoms with van der Waals surface area (Å²) >= 11 is 0. The van der Waals surface area contributed by atoms with Crippen molar-refractivity contribution in [3.63, 3.8) is 0 Å². The summed E-state index contributed by atoms with van der Waals surface area (Å²) < 4.78 is 17.4. The summed E-state index contributed by atoms with van der Waals surface area (Å²) in [6.45, 7) is 1.55. The van der Waals surface area contributed by atoms with Gasteiger partial charge >= 0.3 is 0 Å². The fourth-order valence-electron chi connectivity index (χ4n) is 1.19. The van der Waals surface area contributed by atoms with Gasteiger partial charge in [-0.3, -0.25) is 0 Å². The van der Waals surface area contributed by atoms with Gasteiger partial charge < -0.3 is 15.6 Å². The maximum atomic E-state index is 12.3. The largest absolute Gasteiger partial charge is 0.504 e. The molecule has 0 bridgehead atoms. The molecule has 0 spiro atoms. The lowest BCUT2D eigenvalue weighted by Crippen LogP contribution is -2.12. The van der Waals surface area contributed by atoms with Crippen LogP contribution in [0.5, 0.6) is 11.5 Å². The Morgan fingerprint density at radius 3 is 2.73 bits per heavy atom. The van der Waals surface area contributed by atoms with E-state index in [9.17, 15) is 9.50 Å². The van der Waals surface area contributed by atoms with Crippen molar-refractivity contribution in [3.8, 4) is 11.5 Å². The number of alkyl halides is 1. The van der Waals surface area contributed by atoms with Crippen molar-refractivity contribution in [1.82, 2.24) is 0 Å². The third kappa shape index (κ3) is 3.25. The summed E-state index contributed by atoms with van der Waals surface area (Å²) in [5.74, 6) is 0.272. The first-order valence-corrected chi connectivity index (χ1v) is 4.47. The Kier molecular flexibility index (Phi) is 6.05. The Labute approximate surface area is 94.5 Å². The molecule has 15 heavy (non-hydrogen) atoms. The van der Waals surface area contributed by atoms with E-state index in [1.807, 2.05) is 0 Å². The molecule has 0 radical (unpaired) electrons. The van der Waals surface area contributed by atoms with E-state index in [4.69, 9.17) is 10.5 Å². The Morgan fingerprint density at radius 1 is 1.53 bits per heavy atom. The molecule has 0 saturated heterocycles. The molecule has 0 unspecified atom stereocenters. The van der Waals surface area contributed by atoms with Crippen molar-refractivity contribution >= 4 is 12.4 Å². The number of para-hydroxylation sites is 1. The average Bonchev–Trinajstić information content (AvgIpc) is 2.20. The van der Waals surface area contributed by atoms with Crippen LogP contribution in [0.25, 0.3) is 0 Å². The topological polar surface area (TPSA) is 55.5 Å². The number of rotatable bonds is 4. The number of nitrogens with two attached hydrogens (primary N) is 1. The number of hydrogen-bond acceptors (Lipinski definition) is 3. The Hall–Kier alpha value is -1.00. The van der Waals surface area contributed by atoms with Crippen molar-refractivity contribution in [2.75, 3.05) is 13.3 Å². The van der Waals surface area contributed by atoms with E-state index in [0.29, 0.717) is 17.9 Å². The third-order valence-corrected chi connectivity index (χ3v) is 1.90. The molecular weight excluding hydrogens is 221 g/mol. The lowest BCUT2D eigenvalue weighted by Gasteiger charge is -2.12. The van der Waals surface area contributed by atoms with E-state index in [1.165, 1.54) is 0 Å². The van der Waals surface area contributed by atoms with Gasteiger partial charge in [-0.15, -0.1) is 12.4 Å². The number of ether oxygens (including phenoxy) is 1. The number of halogens is 2. The molecule has 0 heterocycles. The van der Waals surface area contributed by atoms with Gasteiger partial charge in [0.15, 0.2) is 11.5 Å². The van der Waals surface area contributed by atoms with Gasteiger partial charge in [0.2, 0.25) is 0 Å². The van der Waals surface area contributed by atoms with Gasteiger partial charge in [0.25, 0.3) is 0 Å². The molecular formula is C10H15ClFNO2. The van der Waals surface area contributed by atoms with Crippen molar-refractivity contribution in [2.45, 2.75) is 13.0 Å². The Bertz CT molecular complexity index is 309. The van der Waals surface area contributed by atoms with Crippen molar-refractivity contribution in [2.24, 2.45) is 5.73 Å². The van der Waals surface area contributed by atoms with E-state index in [2.05, 4.69) is 0 Å². The first-order chi connectivity index (χ1) is 6.70. The fraction of sp³-hybridized carbons (Fsp3) is 0.400. The first-order valence-electron chi connectivity index (χ1n) is 4.47. The molecule has 1 rings (SSSR count). The minimum atomic E-state index is -0.796. The number of benzene rings is 1. The maximum absolute atomic E-state index is 12.3. The van der Waals surface area contributed by atoms with Crippen molar-refractivity contribution in [3.05, 3.63) is 23.8 Å². The average molecular weight is 236 g/mol.